The molecule has 6 nitrogen and oxygen atoms in total. The summed E-state index contributed by atoms with van der Waals surface area (Å²) < 4.78 is 0. The molecule has 0 bridgehead atoms. The van der Waals surface area contributed by atoms with Crippen LogP contribution in [-0.2, 0) is 5.54 Å². The summed E-state index contributed by atoms with van der Waals surface area (Å²) in [5, 5.41) is 3.20. The quantitative estimate of drug-likeness (QED) is 0.892. The van der Waals surface area contributed by atoms with E-state index in [9.17, 15) is 9.59 Å². The molecular formula is C21H28N4O2. The summed E-state index contributed by atoms with van der Waals surface area (Å²) in [4.78, 5) is 34.4. The summed E-state index contributed by atoms with van der Waals surface area (Å²) >= 11 is 0. The largest absolute Gasteiger partial charge is 0.335 e. The highest BCUT2D eigenvalue weighted by molar-refractivity contribution is 5.99. The van der Waals surface area contributed by atoms with Gasteiger partial charge in [-0.3, -0.25) is 9.78 Å². The molecule has 5 rings (SSSR count). The number of piperidine rings is 1. The van der Waals surface area contributed by atoms with Crippen LogP contribution in [0.3, 0.4) is 0 Å². The van der Waals surface area contributed by atoms with Gasteiger partial charge in [0.05, 0.1) is 16.8 Å². The van der Waals surface area contributed by atoms with Crippen molar-refractivity contribution in [3.05, 3.63) is 29.6 Å². The van der Waals surface area contributed by atoms with Gasteiger partial charge in [-0.25, -0.2) is 4.79 Å². The van der Waals surface area contributed by atoms with Gasteiger partial charge in [0.2, 0.25) is 0 Å². The van der Waals surface area contributed by atoms with Crippen LogP contribution in [0, 0.1) is 5.92 Å². The fourth-order valence-electron chi connectivity index (χ4n) is 5.16. The second kappa shape index (κ2) is 6.50. The fourth-order valence-corrected chi connectivity index (χ4v) is 5.16. The molecule has 2 aliphatic carbocycles. The van der Waals surface area contributed by atoms with Crippen molar-refractivity contribution in [3.8, 4) is 0 Å². The fraction of sp³-hybridized carbons (Fsp3) is 0.667. The maximum Gasteiger partial charge on any atom is 0.317 e. The third-order valence-electron chi connectivity index (χ3n) is 6.94. The predicted molar refractivity (Wildman–Crippen MR) is 101 cm³/mol. The van der Waals surface area contributed by atoms with Gasteiger partial charge in [-0.2, -0.15) is 0 Å². The van der Waals surface area contributed by atoms with E-state index in [1.165, 1.54) is 25.7 Å². The predicted octanol–water partition coefficient (Wildman–Crippen LogP) is 2.89. The molecule has 0 atom stereocenters. The zero-order valence-corrected chi connectivity index (χ0v) is 15.8. The summed E-state index contributed by atoms with van der Waals surface area (Å²) in [6.45, 7) is 2.20. The molecule has 3 heterocycles. The molecule has 1 aromatic rings. The number of hydrogen-bond donors (Lipinski definition) is 1. The zero-order chi connectivity index (χ0) is 18.4. The second-order valence-corrected chi connectivity index (χ2v) is 8.71. The van der Waals surface area contributed by atoms with E-state index in [2.05, 4.69) is 15.2 Å². The van der Waals surface area contributed by atoms with Crippen LogP contribution in [0.15, 0.2) is 18.3 Å². The number of aromatic nitrogens is 1. The number of rotatable bonds is 3. The van der Waals surface area contributed by atoms with Crippen molar-refractivity contribution in [2.24, 2.45) is 5.92 Å². The van der Waals surface area contributed by atoms with E-state index in [1.54, 1.807) is 6.20 Å². The van der Waals surface area contributed by atoms with Gasteiger partial charge in [-0.1, -0.05) is 12.8 Å². The molecule has 2 saturated carbocycles. The standard InChI is InChI=1S/C21H28N4O2/c26-19-17-6-3-11-22-18(17)21(25(19)14-15-7-8-15)9-12-24(13-10-21)20(27)23-16-4-1-2-5-16/h3,6,11,15-16H,1-2,4-5,7-10,12-14H2,(H,23,27). The molecule has 3 amide bonds. The highest BCUT2D eigenvalue weighted by Gasteiger charge is 2.53. The Morgan fingerprint density at radius 3 is 2.63 bits per heavy atom. The first-order valence-electron chi connectivity index (χ1n) is 10.5. The summed E-state index contributed by atoms with van der Waals surface area (Å²) in [5.41, 5.74) is 1.38. The zero-order valence-electron chi connectivity index (χ0n) is 15.8. The number of amides is 3. The van der Waals surface area contributed by atoms with Crippen molar-refractivity contribution < 1.29 is 9.59 Å². The molecule has 6 heteroatoms. The molecule has 0 aromatic carbocycles. The van der Waals surface area contributed by atoms with Gasteiger partial charge >= 0.3 is 6.03 Å². The minimum Gasteiger partial charge on any atom is -0.335 e. The lowest BCUT2D eigenvalue weighted by atomic mass is 9.83. The summed E-state index contributed by atoms with van der Waals surface area (Å²) in [7, 11) is 0. The monoisotopic (exact) mass is 368 g/mol. The average molecular weight is 368 g/mol. The van der Waals surface area contributed by atoms with E-state index in [0.29, 0.717) is 25.0 Å². The van der Waals surface area contributed by atoms with Gasteiger partial charge in [0.25, 0.3) is 5.91 Å². The van der Waals surface area contributed by atoms with Crippen molar-refractivity contribution in [2.45, 2.75) is 62.9 Å². The number of nitrogens with one attached hydrogen (secondary N) is 1. The lowest BCUT2D eigenvalue weighted by Crippen LogP contribution is -2.55. The van der Waals surface area contributed by atoms with E-state index in [1.807, 2.05) is 17.0 Å². The van der Waals surface area contributed by atoms with Crippen LogP contribution in [0.1, 0.15) is 67.4 Å². The molecular weight excluding hydrogens is 340 g/mol. The maximum absolute atomic E-state index is 13.1. The van der Waals surface area contributed by atoms with Gasteiger partial charge in [-0.05, 0) is 56.6 Å². The van der Waals surface area contributed by atoms with Gasteiger partial charge in [0, 0.05) is 31.9 Å². The number of nitrogens with zero attached hydrogens (tertiary/aromatic N) is 3. The number of hydrogen-bond acceptors (Lipinski definition) is 3. The summed E-state index contributed by atoms with van der Waals surface area (Å²) in [6, 6.07) is 4.18. The van der Waals surface area contributed by atoms with Crippen LogP contribution in [0.25, 0.3) is 0 Å². The van der Waals surface area contributed by atoms with Gasteiger partial charge < -0.3 is 15.1 Å². The van der Waals surface area contributed by atoms with Crippen molar-refractivity contribution in [3.63, 3.8) is 0 Å². The molecule has 1 saturated heterocycles. The summed E-state index contributed by atoms with van der Waals surface area (Å²) in [6.07, 6.45) is 10.5. The molecule has 27 heavy (non-hydrogen) atoms. The first-order valence-corrected chi connectivity index (χ1v) is 10.5. The third kappa shape index (κ3) is 2.89. The first-order chi connectivity index (χ1) is 13.2. The van der Waals surface area contributed by atoms with Crippen molar-refractivity contribution in [1.29, 1.82) is 0 Å². The Hall–Kier alpha value is -2.11. The molecule has 3 fully saturated rings. The second-order valence-electron chi connectivity index (χ2n) is 8.71. The number of carbonyl (C=O) groups excluding carboxylic acids is 2. The lowest BCUT2D eigenvalue weighted by Gasteiger charge is -2.45. The molecule has 1 N–H and O–H groups in total. The van der Waals surface area contributed by atoms with Crippen LogP contribution in [0.4, 0.5) is 4.79 Å². The highest BCUT2D eigenvalue weighted by Crippen LogP contribution is 2.47. The summed E-state index contributed by atoms with van der Waals surface area (Å²) in [5.74, 6) is 0.776. The third-order valence-corrected chi connectivity index (χ3v) is 6.94. The number of fused-ring (bicyclic) bond motifs is 2. The van der Waals surface area contributed by atoms with Gasteiger partial charge in [-0.15, -0.1) is 0 Å². The highest BCUT2D eigenvalue weighted by atomic mass is 16.2. The van der Waals surface area contributed by atoms with E-state index < -0.39 is 0 Å². The Kier molecular flexibility index (Phi) is 4.10. The minimum absolute atomic E-state index is 0.0658. The Morgan fingerprint density at radius 2 is 1.93 bits per heavy atom. The molecule has 1 spiro atoms. The van der Waals surface area contributed by atoms with Crippen LogP contribution in [-0.4, -0.2) is 52.4 Å². The maximum atomic E-state index is 13.1. The Bertz CT molecular complexity index is 746. The normalized spacial score (nSPS) is 24.5. The van der Waals surface area contributed by atoms with Gasteiger partial charge in [0.1, 0.15) is 0 Å². The van der Waals surface area contributed by atoms with Crippen LogP contribution in [0.5, 0.6) is 0 Å². The molecule has 4 aliphatic rings. The first kappa shape index (κ1) is 17.0. The van der Waals surface area contributed by atoms with E-state index in [4.69, 9.17) is 0 Å². The topological polar surface area (TPSA) is 65.5 Å². The number of urea groups is 1. The Labute approximate surface area is 160 Å². The lowest BCUT2D eigenvalue weighted by molar-refractivity contribution is 0.0291. The van der Waals surface area contributed by atoms with Gasteiger partial charge in [0.15, 0.2) is 0 Å². The number of carbonyl (C=O) groups is 2. The molecule has 0 radical (unpaired) electrons. The van der Waals surface area contributed by atoms with E-state index in [-0.39, 0.29) is 17.5 Å². The average Bonchev–Trinajstić information content (AvgIpc) is 3.33. The number of pyridine rings is 1. The van der Waals surface area contributed by atoms with E-state index in [0.717, 1.165) is 43.5 Å². The Morgan fingerprint density at radius 1 is 1.19 bits per heavy atom. The number of likely N-dealkylation sites (tertiary alicyclic amines) is 1. The van der Waals surface area contributed by atoms with Crippen LogP contribution >= 0.6 is 0 Å². The molecule has 1 aromatic heterocycles. The van der Waals surface area contributed by atoms with Crippen LogP contribution in [0.2, 0.25) is 0 Å². The Balaban J connectivity index is 1.34. The molecule has 0 unspecified atom stereocenters. The van der Waals surface area contributed by atoms with Crippen LogP contribution < -0.4 is 5.32 Å². The SMILES string of the molecule is O=C(NC1CCCC1)N1CCC2(CC1)c1ncccc1C(=O)N2CC1CC1. The molecule has 144 valence electrons. The van der Waals surface area contributed by atoms with Crippen molar-refractivity contribution in [2.75, 3.05) is 19.6 Å². The molecule has 2 aliphatic heterocycles. The van der Waals surface area contributed by atoms with Crippen molar-refractivity contribution >= 4 is 11.9 Å². The minimum atomic E-state index is -0.319. The van der Waals surface area contributed by atoms with E-state index >= 15 is 0 Å². The van der Waals surface area contributed by atoms with Crippen molar-refractivity contribution in [1.82, 2.24) is 20.1 Å². The smallest absolute Gasteiger partial charge is 0.317 e.